The van der Waals surface area contributed by atoms with Crippen LogP contribution in [-0.4, -0.2) is 29.5 Å². The highest BCUT2D eigenvalue weighted by Gasteiger charge is 2.13. The van der Waals surface area contributed by atoms with E-state index in [1.807, 2.05) is 42.3 Å². The van der Waals surface area contributed by atoms with Crippen LogP contribution in [0.5, 0.6) is 0 Å². The second-order valence-electron chi connectivity index (χ2n) is 6.63. The minimum Gasteiger partial charge on any atom is -0.355 e. The SMILES string of the molecule is Cc1nc(C(=O)NCCc2ccc(F)cc2)cc(N(C)Cc2ccccc2)n1. The summed E-state index contributed by atoms with van der Waals surface area (Å²) in [6.45, 7) is 2.90. The first-order valence-corrected chi connectivity index (χ1v) is 9.14. The zero-order chi connectivity index (χ0) is 19.9. The van der Waals surface area contributed by atoms with E-state index in [1.54, 1.807) is 25.1 Å². The van der Waals surface area contributed by atoms with Gasteiger partial charge in [-0.25, -0.2) is 14.4 Å². The number of anilines is 1. The van der Waals surface area contributed by atoms with Crippen molar-refractivity contribution in [2.75, 3.05) is 18.5 Å². The van der Waals surface area contributed by atoms with Crippen molar-refractivity contribution in [1.82, 2.24) is 15.3 Å². The van der Waals surface area contributed by atoms with E-state index in [4.69, 9.17) is 0 Å². The Bertz CT molecular complexity index is 929. The van der Waals surface area contributed by atoms with Gasteiger partial charge in [0.25, 0.3) is 5.91 Å². The van der Waals surface area contributed by atoms with Crippen LogP contribution in [0.25, 0.3) is 0 Å². The molecule has 1 heterocycles. The Morgan fingerprint density at radius 1 is 1.04 bits per heavy atom. The van der Waals surface area contributed by atoms with Crippen molar-refractivity contribution in [2.45, 2.75) is 19.9 Å². The molecule has 1 N–H and O–H groups in total. The monoisotopic (exact) mass is 378 g/mol. The molecule has 0 saturated carbocycles. The molecule has 28 heavy (non-hydrogen) atoms. The van der Waals surface area contributed by atoms with Crippen molar-refractivity contribution in [1.29, 1.82) is 0 Å². The summed E-state index contributed by atoms with van der Waals surface area (Å²) in [6.07, 6.45) is 0.622. The maximum Gasteiger partial charge on any atom is 0.270 e. The van der Waals surface area contributed by atoms with Gasteiger partial charge < -0.3 is 10.2 Å². The van der Waals surface area contributed by atoms with Gasteiger partial charge in [-0.3, -0.25) is 4.79 Å². The molecule has 2 aromatic carbocycles. The summed E-state index contributed by atoms with van der Waals surface area (Å²) in [5.74, 6) is 0.722. The van der Waals surface area contributed by atoms with Crippen LogP contribution in [0.3, 0.4) is 0 Å². The number of carbonyl (C=O) groups excluding carboxylic acids is 1. The topological polar surface area (TPSA) is 58.1 Å². The van der Waals surface area contributed by atoms with Gasteiger partial charge in [-0.2, -0.15) is 0 Å². The molecule has 0 atom stereocenters. The third-order valence-electron chi connectivity index (χ3n) is 4.32. The number of nitrogens with zero attached hydrogens (tertiary/aromatic N) is 3. The van der Waals surface area contributed by atoms with Gasteiger partial charge >= 0.3 is 0 Å². The molecule has 6 heteroatoms. The Kier molecular flexibility index (Phi) is 6.32. The van der Waals surface area contributed by atoms with Crippen LogP contribution in [-0.2, 0) is 13.0 Å². The van der Waals surface area contributed by atoms with Gasteiger partial charge in [0.15, 0.2) is 0 Å². The Balaban J connectivity index is 1.63. The number of rotatable bonds is 7. The lowest BCUT2D eigenvalue weighted by molar-refractivity contribution is 0.0948. The second-order valence-corrected chi connectivity index (χ2v) is 6.63. The maximum absolute atomic E-state index is 12.9. The summed E-state index contributed by atoms with van der Waals surface area (Å²) in [6, 6.07) is 18.0. The summed E-state index contributed by atoms with van der Waals surface area (Å²) in [7, 11) is 1.94. The Labute approximate surface area is 164 Å². The molecule has 0 radical (unpaired) electrons. The molecule has 0 aliphatic carbocycles. The number of carbonyl (C=O) groups is 1. The average molecular weight is 378 g/mol. The molecule has 3 aromatic rings. The van der Waals surface area contributed by atoms with E-state index in [9.17, 15) is 9.18 Å². The molecule has 0 unspecified atom stereocenters. The van der Waals surface area contributed by atoms with E-state index in [-0.39, 0.29) is 11.7 Å². The first-order chi connectivity index (χ1) is 13.5. The number of aryl methyl sites for hydroxylation is 1. The van der Waals surface area contributed by atoms with Crippen molar-refractivity contribution in [3.05, 3.63) is 89.1 Å². The van der Waals surface area contributed by atoms with Crippen LogP contribution < -0.4 is 10.2 Å². The third kappa shape index (κ3) is 5.36. The van der Waals surface area contributed by atoms with Crippen molar-refractivity contribution in [2.24, 2.45) is 0 Å². The average Bonchev–Trinajstić information content (AvgIpc) is 2.69. The molecule has 3 rings (SSSR count). The largest absolute Gasteiger partial charge is 0.355 e. The second kappa shape index (κ2) is 9.08. The van der Waals surface area contributed by atoms with Gasteiger partial charge in [0.1, 0.15) is 23.2 Å². The molecule has 0 fully saturated rings. The van der Waals surface area contributed by atoms with E-state index >= 15 is 0 Å². The standard InChI is InChI=1S/C22H23FN4O/c1-16-25-20(22(28)24-13-12-17-8-10-19(23)11-9-17)14-21(26-16)27(2)15-18-6-4-3-5-7-18/h3-11,14H,12-13,15H2,1-2H3,(H,24,28). The quantitative estimate of drug-likeness (QED) is 0.683. The Morgan fingerprint density at radius 3 is 2.46 bits per heavy atom. The molecular weight excluding hydrogens is 355 g/mol. The van der Waals surface area contributed by atoms with Crippen LogP contribution in [0.2, 0.25) is 0 Å². The minimum absolute atomic E-state index is 0.248. The lowest BCUT2D eigenvalue weighted by Gasteiger charge is -2.19. The Morgan fingerprint density at radius 2 is 1.75 bits per heavy atom. The van der Waals surface area contributed by atoms with Crippen molar-refractivity contribution < 1.29 is 9.18 Å². The van der Waals surface area contributed by atoms with Gasteiger partial charge in [-0.1, -0.05) is 42.5 Å². The van der Waals surface area contributed by atoms with E-state index in [2.05, 4.69) is 15.3 Å². The number of hydrogen-bond donors (Lipinski definition) is 1. The molecule has 0 aliphatic rings. The van der Waals surface area contributed by atoms with Gasteiger partial charge in [0.05, 0.1) is 0 Å². The lowest BCUT2D eigenvalue weighted by Crippen LogP contribution is -2.27. The maximum atomic E-state index is 12.9. The van der Waals surface area contributed by atoms with Crippen molar-refractivity contribution in [3.8, 4) is 0 Å². The molecule has 144 valence electrons. The zero-order valence-electron chi connectivity index (χ0n) is 16.0. The molecule has 0 aliphatic heterocycles. The normalized spacial score (nSPS) is 10.5. The highest BCUT2D eigenvalue weighted by molar-refractivity contribution is 5.92. The summed E-state index contributed by atoms with van der Waals surface area (Å²) in [5, 5.41) is 2.86. The predicted octanol–water partition coefficient (Wildman–Crippen LogP) is 3.53. The van der Waals surface area contributed by atoms with Gasteiger partial charge in [0.2, 0.25) is 0 Å². The first-order valence-electron chi connectivity index (χ1n) is 9.14. The van der Waals surface area contributed by atoms with Gasteiger partial charge in [-0.15, -0.1) is 0 Å². The third-order valence-corrected chi connectivity index (χ3v) is 4.32. The van der Waals surface area contributed by atoms with Crippen molar-refractivity contribution in [3.63, 3.8) is 0 Å². The van der Waals surface area contributed by atoms with E-state index in [0.717, 1.165) is 11.1 Å². The number of hydrogen-bond acceptors (Lipinski definition) is 4. The summed E-state index contributed by atoms with van der Waals surface area (Å²) in [5.41, 5.74) is 2.46. The molecule has 5 nitrogen and oxygen atoms in total. The van der Waals surface area contributed by atoms with E-state index in [1.165, 1.54) is 12.1 Å². The molecule has 0 saturated heterocycles. The highest BCUT2D eigenvalue weighted by atomic mass is 19.1. The first kappa shape index (κ1) is 19.5. The Hall–Kier alpha value is -3.28. The molecule has 1 amide bonds. The van der Waals surface area contributed by atoms with Crippen LogP contribution in [0, 0.1) is 12.7 Å². The number of amides is 1. The molecular formula is C22H23FN4O. The predicted molar refractivity (Wildman–Crippen MR) is 108 cm³/mol. The smallest absolute Gasteiger partial charge is 0.270 e. The minimum atomic E-state index is -0.267. The fourth-order valence-corrected chi connectivity index (χ4v) is 2.86. The fourth-order valence-electron chi connectivity index (χ4n) is 2.86. The summed E-state index contributed by atoms with van der Waals surface area (Å²) >= 11 is 0. The molecule has 1 aromatic heterocycles. The lowest BCUT2D eigenvalue weighted by atomic mass is 10.1. The number of nitrogens with one attached hydrogen (secondary N) is 1. The van der Waals surface area contributed by atoms with Crippen LogP contribution in [0.15, 0.2) is 60.7 Å². The highest BCUT2D eigenvalue weighted by Crippen LogP contribution is 2.14. The fraction of sp³-hybridized carbons (Fsp3) is 0.227. The summed E-state index contributed by atoms with van der Waals surface area (Å²) in [4.78, 5) is 23.2. The molecule has 0 bridgehead atoms. The van der Waals surface area contributed by atoms with Crippen molar-refractivity contribution >= 4 is 11.7 Å². The van der Waals surface area contributed by atoms with Crippen LogP contribution >= 0.6 is 0 Å². The van der Waals surface area contributed by atoms with Crippen LogP contribution in [0.4, 0.5) is 10.2 Å². The van der Waals surface area contributed by atoms with Gasteiger partial charge in [0, 0.05) is 26.2 Å². The summed E-state index contributed by atoms with van der Waals surface area (Å²) < 4.78 is 12.9. The van der Waals surface area contributed by atoms with Crippen LogP contribution in [0.1, 0.15) is 27.4 Å². The van der Waals surface area contributed by atoms with E-state index in [0.29, 0.717) is 36.8 Å². The number of aromatic nitrogens is 2. The molecule has 0 spiro atoms. The zero-order valence-corrected chi connectivity index (χ0v) is 16.0. The van der Waals surface area contributed by atoms with Gasteiger partial charge in [-0.05, 0) is 36.6 Å². The van der Waals surface area contributed by atoms with E-state index < -0.39 is 0 Å². The number of benzene rings is 2. The number of halogens is 1.